The average molecular weight is 259 g/mol. The number of hydrogen-bond acceptors (Lipinski definition) is 6. The van der Waals surface area contributed by atoms with Gasteiger partial charge in [-0.1, -0.05) is 0 Å². The summed E-state index contributed by atoms with van der Waals surface area (Å²) in [5.41, 5.74) is 0.596. The molecule has 2 aromatic rings. The van der Waals surface area contributed by atoms with E-state index in [1.807, 2.05) is 12.1 Å². The largest absolute Gasteiger partial charge is 0.469 e. The summed E-state index contributed by atoms with van der Waals surface area (Å²) in [6.07, 6.45) is 3.84. The molecular weight excluding hydrogens is 246 g/mol. The van der Waals surface area contributed by atoms with Crippen LogP contribution >= 0.6 is 0 Å². The van der Waals surface area contributed by atoms with Crippen LogP contribution in [0.15, 0.2) is 29.1 Å². The monoisotopic (exact) mass is 259 g/mol. The van der Waals surface area contributed by atoms with Crippen molar-refractivity contribution in [1.29, 1.82) is 0 Å². The van der Waals surface area contributed by atoms with Gasteiger partial charge in [-0.2, -0.15) is 0 Å². The fourth-order valence-corrected chi connectivity index (χ4v) is 1.88. The summed E-state index contributed by atoms with van der Waals surface area (Å²) >= 11 is 0. The molecule has 1 amide bonds. The van der Waals surface area contributed by atoms with Gasteiger partial charge in [0.2, 0.25) is 5.91 Å². The lowest BCUT2D eigenvalue weighted by Crippen LogP contribution is -2.29. The first-order chi connectivity index (χ1) is 9.33. The molecule has 0 radical (unpaired) electrons. The van der Waals surface area contributed by atoms with Gasteiger partial charge >= 0.3 is 0 Å². The number of furan rings is 1. The number of anilines is 3. The van der Waals surface area contributed by atoms with Crippen LogP contribution in [0.5, 0.6) is 0 Å². The minimum absolute atomic E-state index is 0.101. The van der Waals surface area contributed by atoms with Crippen LogP contribution in [-0.2, 0) is 11.2 Å². The van der Waals surface area contributed by atoms with Gasteiger partial charge in [0, 0.05) is 13.0 Å². The van der Waals surface area contributed by atoms with E-state index < -0.39 is 0 Å². The summed E-state index contributed by atoms with van der Waals surface area (Å²) < 4.78 is 5.25. The van der Waals surface area contributed by atoms with Crippen molar-refractivity contribution < 1.29 is 9.21 Å². The number of nitrogens with zero attached hydrogens (tertiary/aromatic N) is 2. The van der Waals surface area contributed by atoms with Crippen molar-refractivity contribution in [3.05, 3.63) is 30.5 Å². The van der Waals surface area contributed by atoms with Gasteiger partial charge in [-0.3, -0.25) is 4.79 Å². The molecule has 7 nitrogen and oxygen atoms in total. The maximum Gasteiger partial charge on any atom is 0.243 e. The van der Waals surface area contributed by atoms with Crippen molar-refractivity contribution in [3.8, 4) is 0 Å². The van der Waals surface area contributed by atoms with Gasteiger partial charge in [-0.15, -0.1) is 0 Å². The van der Waals surface area contributed by atoms with E-state index in [9.17, 15) is 4.79 Å². The first kappa shape index (κ1) is 11.5. The molecule has 2 aromatic heterocycles. The molecule has 1 aliphatic heterocycles. The zero-order chi connectivity index (χ0) is 13.1. The topological polar surface area (TPSA) is 92.1 Å². The lowest BCUT2D eigenvalue weighted by molar-refractivity contribution is -0.114. The van der Waals surface area contributed by atoms with Crippen molar-refractivity contribution in [2.24, 2.45) is 0 Å². The molecule has 3 N–H and O–H groups in total. The Balaban J connectivity index is 1.69. The second kappa shape index (κ2) is 4.97. The van der Waals surface area contributed by atoms with Crippen LogP contribution in [0.3, 0.4) is 0 Å². The molecule has 0 atom stereocenters. The molecule has 0 spiro atoms. The Kier molecular flexibility index (Phi) is 3.01. The molecular formula is C12H13N5O2. The van der Waals surface area contributed by atoms with Crippen LogP contribution in [0, 0.1) is 0 Å². The summed E-state index contributed by atoms with van der Waals surface area (Å²) in [6.45, 7) is 0.892. The second-order valence-corrected chi connectivity index (χ2v) is 4.10. The fourth-order valence-electron chi connectivity index (χ4n) is 1.88. The third-order valence-corrected chi connectivity index (χ3v) is 2.77. The Hall–Kier alpha value is -2.57. The van der Waals surface area contributed by atoms with Gasteiger partial charge in [0.25, 0.3) is 0 Å². The highest BCUT2D eigenvalue weighted by Crippen LogP contribution is 2.28. The number of hydrogen-bond donors (Lipinski definition) is 3. The zero-order valence-electron chi connectivity index (χ0n) is 10.1. The van der Waals surface area contributed by atoms with E-state index in [1.54, 1.807) is 6.26 Å². The lowest BCUT2D eigenvalue weighted by Gasteiger charge is -2.19. The van der Waals surface area contributed by atoms with E-state index in [1.165, 1.54) is 6.33 Å². The minimum atomic E-state index is -0.101. The molecule has 7 heteroatoms. The second-order valence-electron chi connectivity index (χ2n) is 4.10. The number of carbonyl (C=O) groups is 1. The third-order valence-electron chi connectivity index (χ3n) is 2.77. The molecule has 0 saturated carbocycles. The summed E-state index contributed by atoms with van der Waals surface area (Å²) in [5, 5.41) is 8.86. The average Bonchev–Trinajstić information content (AvgIpc) is 2.92. The van der Waals surface area contributed by atoms with E-state index in [-0.39, 0.29) is 12.5 Å². The zero-order valence-corrected chi connectivity index (χ0v) is 10.1. The Labute approximate surface area is 109 Å². The first-order valence-electron chi connectivity index (χ1n) is 5.98. The number of nitrogens with one attached hydrogen (secondary N) is 3. The highest BCUT2D eigenvalue weighted by molar-refractivity contribution is 6.02. The van der Waals surface area contributed by atoms with Gasteiger partial charge in [0.15, 0.2) is 11.6 Å². The molecule has 0 saturated heterocycles. The standard InChI is InChI=1S/C12H13N5O2/c18-9-6-14-12-10(17-9)11(15-7-16-12)13-4-3-8-2-1-5-19-8/h1-2,5,7H,3-4,6H2,(H,17,18)(H2,13,14,15,16). The van der Waals surface area contributed by atoms with Crippen molar-refractivity contribution in [2.75, 3.05) is 29.0 Å². The molecule has 0 unspecified atom stereocenters. The summed E-state index contributed by atoms with van der Waals surface area (Å²) in [4.78, 5) is 19.6. The van der Waals surface area contributed by atoms with Crippen LogP contribution in [0.4, 0.5) is 17.3 Å². The summed E-state index contributed by atoms with van der Waals surface area (Å²) in [5.74, 6) is 2.04. The van der Waals surface area contributed by atoms with E-state index in [0.717, 1.165) is 12.2 Å². The first-order valence-corrected chi connectivity index (χ1v) is 5.98. The highest BCUT2D eigenvalue weighted by Gasteiger charge is 2.19. The van der Waals surface area contributed by atoms with Crippen molar-refractivity contribution in [2.45, 2.75) is 6.42 Å². The maximum absolute atomic E-state index is 11.4. The smallest absolute Gasteiger partial charge is 0.243 e. The fraction of sp³-hybridized carbons (Fsp3) is 0.250. The van der Waals surface area contributed by atoms with Gasteiger partial charge < -0.3 is 20.4 Å². The number of fused-ring (bicyclic) bond motifs is 1. The van der Waals surface area contributed by atoms with Gasteiger partial charge in [-0.05, 0) is 12.1 Å². The Morgan fingerprint density at radius 3 is 3.21 bits per heavy atom. The molecule has 19 heavy (non-hydrogen) atoms. The molecule has 0 bridgehead atoms. The predicted molar refractivity (Wildman–Crippen MR) is 70.1 cm³/mol. The van der Waals surface area contributed by atoms with Crippen LogP contribution < -0.4 is 16.0 Å². The molecule has 0 aromatic carbocycles. The van der Waals surface area contributed by atoms with Gasteiger partial charge in [0.05, 0.1) is 12.8 Å². The Morgan fingerprint density at radius 1 is 1.42 bits per heavy atom. The van der Waals surface area contributed by atoms with Crippen molar-refractivity contribution in [1.82, 2.24) is 9.97 Å². The maximum atomic E-state index is 11.4. The summed E-state index contributed by atoms with van der Waals surface area (Å²) in [6, 6.07) is 3.77. The lowest BCUT2D eigenvalue weighted by atomic mass is 10.3. The third kappa shape index (κ3) is 2.49. The minimum Gasteiger partial charge on any atom is -0.469 e. The molecule has 3 rings (SSSR count). The molecule has 0 aliphatic carbocycles. The number of carbonyl (C=O) groups excluding carboxylic acids is 1. The SMILES string of the molecule is O=C1CNc2ncnc(NCCc3ccco3)c2N1. The van der Waals surface area contributed by atoms with Crippen LogP contribution in [0.2, 0.25) is 0 Å². The van der Waals surface area contributed by atoms with Crippen LogP contribution in [0.1, 0.15) is 5.76 Å². The molecule has 98 valence electrons. The van der Waals surface area contributed by atoms with Gasteiger partial charge in [0.1, 0.15) is 17.8 Å². The summed E-state index contributed by atoms with van der Waals surface area (Å²) in [7, 11) is 0. The predicted octanol–water partition coefficient (Wildman–Crippen LogP) is 1.09. The Morgan fingerprint density at radius 2 is 2.37 bits per heavy atom. The van der Waals surface area contributed by atoms with Gasteiger partial charge in [-0.25, -0.2) is 9.97 Å². The van der Waals surface area contributed by atoms with E-state index in [4.69, 9.17) is 4.42 Å². The van der Waals surface area contributed by atoms with E-state index >= 15 is 0 Å². The number of amides is 1. The van der Waals surface area contributed by atoms with E-state index in [0.29, 0.717) is 23.9 Å². The quantitative estimate of drug-likeness (QED) is 0.761. The molecule has 1 aliphatic rings. The Bertz CT molecular complexity index is 582. The van der Waals surface area contributed by atoms with Crippen molar-refractivity contribution in [3.63, 3.8) is 0 Å². The molecule has 0 fully saturated rings. The van der Waals surface area contributed by atoms with Crippen molar-refractivity contribution >= 4 is 23.2 Å². The number of rotatable bonds is 4. The highest BCUT2D eigenvalue weighted by atomic mass is 16.3. The van der Waals surface area contributed by atoms with E-state index in [2.05, 4.69) is 25.9 Å². The number of aromatic nitrogens is 2. The van der Waals surface area contributed by atoms with Crippen LogP contribution in [-0.4, -0.2) is 29.0 Å². The molecule has 3 heterocycles. The van der Waals surface area contributed by atoms with Crippen LogP contribution in [0.25, 0.3) is 0 Å². The normalized spacial score (nSPS) is 13.4.